The molecule has 0 amide bonds. The molecule has 0 spiro atoms. The fraction of sp³-hybridized carbons (Fsp3) is 0.172. The molecule has 0 saturated carbocycles. The van der Waals surface area contributed by atoms with Gasteiger partial charge in [-0.15, -0.1) is 0 Å². The van der Waals surface area contributed by atoms with Gasteiger partial charge in [-0.2, -0.15) is 0 Å². The van der Waals surface area contributed by atoms with E-state index < -0.39 is 0 Å². The first-order valence-electron chi connectivity index (χ1n) is 11.5. The van der Waals surface area contributed by atoms with Crippen molar-refractivity contribution >= 4 is 11.6 Å². The van der Waals surface area contributed by atoms with Gasteiger partial charge in [0, 0.05) is 43.3 Å². The maximum atomic E-state index is 12.5. The molecule has 2 aromatic carbocycles. The highest BCUT2D eigenvalue weighted by molar-refractivity contribution is 6.04. The van der Waals surface area contributed by atoms with Crippen molar-refractivity contribution in [3.05, 3.63) is 108 Å². The number of phenols is 1. The number of hydrogen-bond donors (Lipinski definition) is 1. The van der Waals surface area contributed by atoms with Crippen LogP contribution in [0.5, 0.6) is 23.0 Å². The Bertz CT molecular complexity index is 1380. The summed E-state index contributed by atoms with van der Waals surface area (Å²) in [7, 11) is 3.09. The maximum absolute atomic E-state index is 12.5. The Labute approximate surface area is 214 Å². The molecular formula is C29H26N2O6. The Morgan fingerprint density at radius 2 is 1.68 bits per heavy atom. The minimum atomic E-state index is -0.283. The molecule has 5 rings (SSSR count). The Morgan fingerprint density at radius 3 is 2.32 bits per heavy atom. The molecule has 1 atom stereocenters. The van der Waals surface area contributed by atoms with Crippen molar-refractivity contribution in [2.75, 3.05) is 20.8 Å². The fourth-order valence-electron chi connectivity index (χ4n) is 3.88. The molecular weight excluding hydrogens is 472 g/mol. The number of carbonyl (C=O) groups is 2. The van der Waals surface area contributed by atoms with E-state index >= 15 is 0 Å². The number of phenolic OH excluding ortho intramolecular Hbond substituents is 1. The zero-order valence-corrected chi connectivity index (χ0v) is 20.5. The second-order valence-electron chi connectivity index (χ2n) is 8.22. The molecule has 4 aromatic rings. The van der Waals surface area contributed by atoms with E-state index in [1.165, 1.54) is 13.2 Å². The van der Waals surface area contributed by atoms with E-state index in [1.54, 1.807) is 68.3 Å². The van der Waals surface area contributed by atoms with Crippen LogP contribution in [0.2, 0.25) is 0 Å². The summed E-state index contributed by atoms with van der Waals surface area (Å²) in [5.41, 5.74) is 2.59. The van der Waals surface area contributed by atoms with Crippen LogP contribution in [0.25, 0.3) is 0 Å². The minimum absolute atomic E-state index is 0.0664. The highest BCUT2D eigenvalue weighted by atomic mass is 16.5. The van der Waals surface area contributed by atoms with Crippen molar-refractivity contribution in [1.29, 1.82) is 0 Å². The fourth-order valence-corrected chi connectivity index (χ4v) is 3.88. The lowest BCUT2D eigenvalue weighted by Crippen LogP contribution is -2.26. The molecule has 8 nitrogen and oxygen atoms in total. The van der Waals surface area contributed by atoms with Gasteiger partial charge in [-0.3, -0.25) is 19.6 Å². The second-order valence-corrected chi connectivity index (χ2v) is 8.22. The summed E-state index contributed by atoms with van der Waals surface area (Å²) >= 11 is 0. The van der Waals surface area contributed by atoms with Gasteiger partial charge in [0.1, 0.15) is 29.6 Å². The average molecular weight is 499 g/mol. The van der Waals surface area contributed by atoms with E-state index in [0.29, 0.717) is 35.0 Å². The first-order valence-corrected chi connectivity index (χ1v) is 11.5. The smallest absolute Gasteiger partial charge is 0.177 e. The van der Waals surface area contributed by atoms with Gasteiger partial charge in [0.2, 0.25) is 0 Å². The average Bonchev–Trinajstić information content (AvgIpc) is 2.94. The number of hydrogen-bond acceptors (Lipinski definition) is 8. The number of fused-ring (bicyclic) bond motifs is 1. The molecule has 37 heavy (non-hydrogen) atoms. The SMILES string of the molecule is COc1ccc(C(=O)Cc2cccnc2)c(O)c1.COc1ccc2c(c1)OCC(c1cccnc1)C2=O. The number of Topliss-reactive ketones (excluding diaryl/α,β-unsaturated/α-hetero) is 2. The number of aromatic hydroxyl groups is 1. The second kappa shape index (κ2) is 11.8. The zero-order chi connectivity index (χ0) is 26.2. The number of rotatable bonds is 6. The lowest BCUT2D eigenvalue weighted by molar-refractivity contribution is 0.0895. The molecule has 0 bridgehead atoms. The summed E-state index contributed by atoms with van der Waals surface area (Å²) in [5.74, 6) is 1.36. The number of pyridine rings is 2. The highest BCUT2D eigenvalue weighted by Crippen LogP contribution is 2.34. The Morgan fingerprint density at radius 1 is 0.973 bits per heavy atom. The van der Waals surface area contributed by atoms with Gasteiger partial charge < -0.3 is 19.3 Å². The van der Waals surface area contributed by atoms with Gasteiger partial charge in [0.05, 0.1) is 31.3 Å². The van der Waals surface area contributed by atoms with E-state index in [4.69, 9.17) is 14.2 Å². The number of nitrogens with zero attached hydrogens (tertiary/aromatic N) is 2. The van der Waals surface area contributed by atoms with Crippen LogP contribution < -0.4 is 14.2 Å². The summed E-state index contributed by atoms with van der Waals surface area (Å²) in [5, 5.41) is 9.75. The van der Waals surface area contributed by atoms with Gasteiger partial charge in [0.25, 0.3) is 0 Å². The van der Waals surface area contributed by atoms with Crippen LogP contribution in [0.4, 0.5) is 0 Å². The number of methoxy groups -OCH3 is 2. The Balaban J connectivity index is 0.000000173. The number of benzene rings is 2. The molecule has 188 valence electrons. The topological polar surface area (TPSA) is 108 Å². The van der Waals surface area contributed by atoms with Gasteiger partial charge in [-0.25, -0.2) is 0 Å². The predicted octanol–water partition coefficient (Wildman–Crippen LogP) is 4.67. The van der Waals surface area contributed by atoms with Gasteiger partial charge in [-0.1, -0.05) is 12.1 Å². The first-order chi connectivity index (χ1) is 18.0. The van der Waals surface area contributed by atoms with Crippen LogP contribution in [0.1, 0.15) is 37.8 Å². The standard InChI is InChI=1S/C15H13NO3.C14H13NO3/c1-18-11-4-5-12-14(7-11)19-9-13(15(12)17)10-3-2-6-16-8-10;1-18-11-4-5-12(14(17)8-11)13(16)7-10-3-2-6-15-9-10/h2-8,13H,9H2,1H3;2-6,8-9,17H,7H2,1H3. The summed E-state index contributed by atoms with van der Waals surface area (Å²) in [6.45, 7) is 0.338. The number of ether oxygens (including phenoxy) is 3. The van der Waals surface area contributed by atoms with E-state index in [9.17, 15) is 14.7 Å². The van der Waals surface area contributed by atoms with Crippen LogP contribution in [0, 0.1) is 0 Å². The van der Waals surface area contributed by atoms with Crippen LogP contribution in [-0.4, -0.2) is 47.5 Å². The van der Waals surface area contributed by atoms with Gasteiger partial charge in [0.15, 0.2) is 11.6 Å². The molecule has 1 N–H and O–H groups in total. The molecule has 3 heterocycles. The molecule has 1 aliphatic rings. The largest absolute Gasteiger partial charge is 0.507 e. The van der Waals surface area contributed by atoms with E-state index in [-0.39, 0.29) is 29.7 Å². The van der Waals surface area contributed by atoms with Crippen LogP contribution in [0.15, 0.2) is 85.5 Å². The first kappa shape index (κ1) is 25.4. The molecule has 0 fully saturated rings. The summed E-state index contributed by atoms with van der Waals surface area (Å²) in [4.78, 5) is 32.5. The third-order valence-electron chi connectivity index (χ3n) is 5.86. The molecule has 0 radical (unpaired) electrons. The Hall–Kier alpha value is -4.72. The van der Waals surface area contributed by atoms with Gasteiger partial charge >= 0.3 is 0 Å². The quantitative estimate of drug-likeness (QED) is 0.382. The van der Waals surface area contributed by atoms with Crippen molar-refractivity contribution in [2.24, 2.45) is 0 Å². The highest BCUT2D eigenvalue weighted by Gasteiger charge is 2.30. The molecule has 8 heteroatoms. The minimum Gasteiger partial charge on any atom is -0.507 e. The van der Waals surface area contributed by atoms with Crippen LogP contribution in [-0.2, 0) is 6.42 Å². The lowest BCUT2D eigenvalue weighted by atomic mass is 9.90. The summed E-state index contributed by atoms with van der Waals surface area (Å²) in [6, 6.07) is 17.2. The monoisotopic (exact) mass is 498 g/mol. The normalized spacial score (nSPS) is 13.9. The summed E-state index contributed by atoms with van der Waals surface area (Å²) < 4.78 is 15.8. The third kappa shape index (κ3) is 6.10. The zero-order valence-electron chi connectivity index (χ0n) is 20.5. The van der Waals surface area contributed by atoms with Crippen molar-refractivity contribution in [1.82, 2.24) is 9.97 Å². The van der Waals surface area contributed by atoms with Crippen molar-refractivity contribution in [2.45, 2.75) is 12.3 Å². The predicted molar refractivity (Wildman–Crippen MR) is 137 cm³/mol. The third-order valence-corrected chi connectivity index (χ3v) is 5.86. The van der Waals surface area contributed by atoms with Gasteiger partial charge in [-0.05, 0) is 47.5 Å². The van der Waals surface area contributed by atoms with E-state index in [0.717, 1.165) is 11.1 Å². The number of ketones is 2. The lowest BCUT2D eigenvalue weighted by Gasteiger charge is -2.24. The van der Waals surface area contributed by atoms with Crippen LogP contribution >= 0.6 is 0 Å². The van der Waals surface area contributed by atoms with Crippen molar-refractivity contribution in [3.8, 4) is 23.0 Å². The van der Waals surface area contributed by atoms with Crippen molar-refractivity contribution < 1.29 is 28.9 Å². The molecule has 0 aliphatic carbocycles. The van der Waals surface area contributed by atoms with Crippen molar-refractivity contribution in [3.63, 3.8) is 0 Å². The molecule has 0 saturated heterocycles. The molecule has 1 unspecified atom stereocenters. The molecule has 2 aromatic heterocycles. The molecule has 1 aliphatic heterocycles. The number of aromatic nitrogens is 2. The summed E-state index contributed by atoms with van der Waals surface area (Å²) in [6.07, 6.45) is 6.90. The van der Waals surface area contributed by atoms with E-state index in [2.05, 4.69) is 9.97 Å². The Kier molecular flexibility index (Phi) is 8.10. The van der Waals surface area contributed by atoms with E-state index in [1.807, 2.05) is 18.2 Å². The number of carbonyl (C=O) groups excluding carboxylic acids is 2. The van der Waals surface area contributed by atoms with Crippen LogP contribution in [0.3, 0.4) is 0 Å². The maximum Gasteiger partial charge on any atom is 0.177 e.